The van der Waals surface area contributed by atoms with E-state index >= 15 is 0 Å². The summed E-state index contributed by atoms with van der Waals surface area (Å²) in [4.78, 5) is 23.2. The fourth-order valence-corrected chi connectivity index (χ4v) is 2.55. The summed E-state index contributed by atoms with van der Waals surface area (Å²) >= 11 is 1.60. The van der Waals surface area contributed by atoms with Crippen LogP contribution in [0.15, 0.2) is 41.3 Å². The van der Waals surface area contributed by atoms with E-state index in [2.05, 4.69) is 5.32 Å². The molecule has 0 aliphatic rings. The van der Waals surface area contributed by atoms with E-state index in [4.69, 9.17) is 5.21 Å². The maximum atomic E-state index is 11.7. The smallest absolute Gasteiger partial charge is 0.276 e. The number of benzene rings is 2. The lowest BCUT2D eigenvalue weighted by atomic mass is 10.1. The number of nitrogens with zero attached hydrogens (tertiary/aromatic N) is 1. The maximum absolute atomic E-state index is 11.7. The second-order valence-electron chi connectivity index (χ2n) is 4.73. The molecule has 1 amide bonds. The number of nitrogens with one attached hydrogen (secondary N) is 2. The first-order valence-electron chi connectivity index (χ1n) is 6.60. The van der Waals surface area contributed by atoms with Gasteiger partial charge < -0.3 is 5.32 Å². The van der Waals surface area contributed by atoms with Crippen LogP contribution >= 0.6 is 11.8 Å². The highest BCUT2D eigenvalue weighted by molar-refractivity contribution is 7.98. The van der Waals surface area contributed by atoms with E-state index in [-0.39, 0.29) is 16.9 Å². The van der Waals surface area contributed by atoms with Crippen LogP contribution in [0, 0.1) is 17.0 Å². The van der Waals surface area contributed by atoms with Gasteiger partial charge >= 0.3 is 0 Å². The minimum absolute atomic E-state index is 0.103. The standard InChI is InChI=1S/C15H15N3O4S/c1-9-7-11(23-2)4-6-13(9)16-14-8-10(18(21)22)3-5-12(14)15(19)17-20/h3-8,16,20H,1-2H3,(H,17,19). The Morgan fingerprint density at radius 2 is 1.96 bits per heavy atom. The Balaban J connectivity index is 2.46. The average molecular weight is 333 g/mol. The SMILES string of the molecule is CSc1ccc(Nc2cc([N+](=O)[O-])ccc2C(=O)NO)c(C)c1. The molecule has 2 rings (SSSR count). The first kappa shape index (κ1) is 16.8. The number of hydroxylamine groups is 1. The summed E-state index contributed by atoms with van der Waals surface area (Å²) in [5.74, 6) is -0.749. The molecule has 0 bridgehead atoms. The van der Waals surface area contributed by atoms with Gasteiger partial charge in [-0.3, -0.25) is 20.1 Å². The van der Waals surface area contributed by atoms with E-state index in [1.54, 1.807) is 11.8 Å². The van der Waals surface area contributed by atoms with Crippen LogP contribution in [-0.2, 0) is 0 Å². The molecule has 0 heterocycles. The third kappa shape index (κ3) is 3.79. The molecule has 0 spiro atoms. The number of aryl methyl sites for hydroxylation is 1. The Morgan fingerprint density at radius 1 is 1.22 bits per heavy atom. The summed E-state index contributed by atoms with van der Waals surface area (Å²) < 4.78 is 0. The van der Waals surface area contributed by atoms with Crippen molar-refractivity contribution in [2.45, 2.75) is 11.8 Å². The highest BCUT2D eigenvalue weighted by atomic mass is 32.2. The number of non-ortho nitro benzene ring substituents is 1. The largest absolute Gasteiger partial charge is 0.354 e. The number of carbonyl (C=O) groups is 1. The van der Waals surface area contributed by atoms with Gasteiger partial charge in [0.15, 0.2) is 0 Å². The molecule has 2 aromatic carbocycles. The number of hydrogen-bond donors (Lipinski definition) is 3. The zero-order valence-corrected chi connectivity index (χ0v) is 13.3. The molecule has 2 aromatic rings. The number of nitro groups is 1. The van der Waals surface area contributed by atoms with Gasteiger partial charge in [-0.05, 0) is 43.0 Å². The third-order valence-electron chi connectivity index (χ3n) is 3.26. The van der Waals surface area contributed by atoms with Crippen molar-refractivity contribution in [3.05, 3.63) is 57.6 Å². The number of carbonyl (C=O) groups excluding carboxylic acids is 1. The van der Waals surface area contributed by atoms with Gasteiger partial charge in [-0.15, -0.1) is 11.8 Å². The number of hydrogen-bond acceptors (Lipinski definition) is 6. The minimum atomic E-state index is -0.749. The van der Waals surface area contributed by atoms with Crippen LogP contribution in [0.1, 0.15) is 15.9 Å². The Labute approximate surface area is 136 Å². The number of thioether (sulfide) groups is 1. The molecule has 0 atom stereocenters. The molecule has 0 saturated heterocycles. The number of amides is 1. The number of anilines is 2. The molecular formula is C15H15N3O4S. The van der Waals surface area contributed by atoms with Crippen molar-refractivity contribution in [3.8, 4) is 0 Å². The molecule has 120 valence electrons. The van der Waals surface area contributed by atoms with Crippen LogP contribution in [0.4, 0.5) is 17.1 Å². The zero-order chi connectivity index (χ0) is 17.0. The quantitative estimate of drug-likeness (QED) is 0.335. The van der Waals surface area contributed by atoms with Crippen molar-refractivity contribution in [2.75, 3.05) is 11.6 Å². The number of nitro benzene ring substituents is 1. The van der Waals surface area contributed by atoms with Crippen molar-refractivity contribution in [1.82, 2.24) is 5.48 Å². The second kappa shape index (κ2) is 7.12. The summed E-state index contributed by atoms with van der Waals surface area (Å²) in [6, 6.07) is 9.46. The van der Waals surface area contributed by atoms with E-state index in [9.17, 15) is 14.9 Å². The molecule has 0 aromatic heterocycles. The van der Waals surface area contributed by atoms with Crippen molar-refractivity contribution < 1.29 is 14.9 Å². The topological polar surface area (TPSA) is 105 Å². The van der Waals surface area contributed by atoms with E-state index in [1.807, 2.05) is 31.4 Å². The predicted molar refractivity (Wildman–Crippen MR) is 88.6 cm³/mol. The van der Waals surface area contributed by atoms with Crippen molar-refractivity contribution in [3.63, 3.8) is 0 Å². The Morgan fingerprint density at radius 3 is 2.52 bits per heavy atom. The van der Waals surface area contributed by atoms with Gasteiger partial charge in [0.05, 0.1) is 16.2 Å². The van der Waals surface area contributed by atoms with Gasteiger partial charge in [0.25, 0.3) is 11.6 Å². The van der Waals surface area contributed by atoms with Crippen LogP contribution < -0.4 is 10.8 Å². The molecule has 0 aliphatic carbocycles. The zero-order valence-electron chi connectivity index (χ0n) is 12.5. The van der Waals surface area contributed by atoms with Crippen LogP contribution in [0.3, 0.4) is 0 Å². The first-order valence-corrected chi connectivity index (χ1v) is 7.83. The summed E-state index contributed by atoms with van der Waals surface area (Å²) in [5, 5.41) is 22.8. The molecule has 0 radical (unpaired) electrons. The van der Waals surface area contributed by atoms with Crippen molar-refractivity contribution in [2.24, 2.45) is 0 Å². The van der Waals surface area contributed by atoms with Crippen LogP contribution in [0.5, 0.6) is 0 Å². The lowest BCUT2D eigenvalue weighted by Gasteiger charge is -2.13. The highest BCUT2D eigenvalue weighted by Crippen LogP contribution is 2.29. The molecule has 7 nitrogen and oxygen atoms in total. The lowest BCUT2D eigenvalue weighted by molar-refractivity contribution is -0.384. The van der Waals surface area contributed by atoms with E-state index < -0.39 is 10.8 Å². The summed E-state index contributed by atoms with van der Waals surface area (Å²) in [5.41, 5.74) is 3.38. The predicted octanol–water partition coefficient (Wildman–Crippen LogP) is 3.49. The van der Waals surface area contributed by atoms with E-state index in [0.717, 1.165) is 16.1 Å². The molecule has 8 heteroatoms. The monoisotopic (exact) mass is 333 g/mol. The van der Waals surface area contributed by atoms with Crippen LogP contribution in [0.25, 0.3) is 0 Å². The van der Waals surface area contributed by atoms with E-state index in [0.29, 0.717) is 0 Å². The summed E-state index contributed by atoms with van der Waals surface area (Å²) in [6.45, 7) is 1.89. The number of rotatable bonds is 5. The molecule has 3 N–H and O–H groups in total. The third-order valence-corrected chi connectivity index (χ3v) is 3.99. The Kier molecular flexibility index (Phi) is 5.20. The molecule has 0 unspecified atom stereocenters. The van der Waals surface area contributed by atoms with Gasteiger partial charge in [0.1, 0.15) is 0 Å². The van der Waals surface area contributed by atoms with Gasteiger partial charge in [-0.25, -0.2) is 5.48 Å². The molecular weight excluding hydrogens is 318 g/mol. The average Bonchev–Trinajstić information content (AvgIpc) is 2.55. The maximum Gasteiger partial charge on any atom is 0.276 e. The highest BCUT2D eigenvalue weighted by Gasteiger charge is 2.16. The van der Waals surface area contributed by atoms with Gasteiger partial charge in [0.2, 0.25) is 0 Å². The fraction of sp³-hybridized carbons (Fsp3) is 0.133. The fourth-order valence-electron chi connectivity index (χ4n) is 2.06. The summed E-state index contributed by atoms with van der Waals surface area (Å²) in [7, 11) is 0. The van der Waals surface area contributed by atoms with Crippen molar-refractivity contribution in [1.29, 1.82) is 0 Å². The van der Waals surface area contributed by atoms with Crippen LogP contribution in [-0.4, -0.2) is 22.3 Å². The van der Waals surface area contributed by atoms with Gasteiger partial charge in [-0.1, -0.05) is 0 Å². The summed E-state index contributed by atoms with van der Waals surface area (Å²) in [6.07, 6.45) is 1.96. The lowest BCUT2D eigenvalue weighted by Crippen LogP contribution is -2.20. The van der Waals surface area contributed by atoms with Gasteiger partial charge in [-0.2, -0.15) is 0 Å². The second-order valence-corrected chi connectivity index (χ2v) is 5.61. The molecule has 23 heavy (non-hydrogen) atoms. The normalized spacial score (nSPS) is 10.2. The molecule has 0 fully saturated rings. The Hall–Kier alpha value is -2.58. The Bertz CT molecular complexity index is 764. The van der Waals surface area contributed by atoms with E-state index in [1.165, 1.54) is 23.7 Å². The minimum Gasteiger partial charge on any atom is -0.354 e. The first-order chi connectivity index (χ1) is 11.0. The van der Waals surface area contributed by atoms with Crippen molar-refractivity contribution >= 4 is 34.7 Å². The van der Waals surface area contributed by atoms with Gasteiger partial charge in [0, 0.05) is 22.7 Å². The van der Waals surface area contributed by atoms with Crippen LogP contribution in [0.2, 0.25) is 0 Å². The molecule has 0 aliphatic heterocycles. The molecule has 0 saturated carbocycles.